The van der Waals surface area contributed by atoms with Crippen LogP contribution >= 0.6 is 0 Å². The third-order valence-corrected chi connectivity index (χ3v) is 4.86. The minimum absolute atomic E-state index is 0.0428. The van der Waals surface area contributed by atoms with Gasteiger partial charge in [-0.25, -0.2) is 13.1 Å². The van der Waals surface area contributed by atoms with Gasteiger partial charge in [-0.3, -0.25) is 0 Å². The summed E-state index contributed by atoms with van der Waals surface area (Å²) in [5, 5.41) is 0. The Labute approximate surface area is 136 Å². The van der Waals surface area contributed by atoms with Crippen LogP contribution in [0.1, 0.15) is 11.1 Å². The zero-order chi connectivity index (χ0) is 16.3. The third kappa shape index (κ3) is 4.24. The van der Waals surface area contributed by atoms with E-state index in [-0.39, 0.29) is 18.4 Å². The summed E-state index contributed by atoms with van der Waals surface area (Å²) in [5.74, 6) is 1.28. The summed E-state index contributed by atoms with van der Waals surface area (Å²) >= 11 is 0. The van der Waals surface area contributed by atoms with Gasteiger partial charge in [-0.05, 0) is 24.6 Å². The van der Waals surface area contributed by atoms with E-state index in [1.165, 1.54) is 0 Å². The first kappa shape index (κ1) is 15.8. The third-order valence-electron chi connectivity index (χ3n) is 3.54. The molecule has 1 N–H and O–H groups in total. The molecule has 0 bridgehead atoms. The van der Waals surface area contributed by atoms with E-state index in [0.29, 0.717) is 18.1 Å². The van der Waals surface area contributed by atoms with E-state index in [1.54, 1.807) is 0 Å². The quantitative estimate of drug-likeness (QED) is 0.911. The largest absolute Gasteiger partial charge is 0.486 e. The molecular weight excluding hydrogens is 314 g/mol. The number of aryl methyl sites for hydroxylation is 1. The minimum atomic E-state index is -3.41. The first-order chi connectivity index (χ1) is 11.0. The van der Waals surface area contributed by atoms with Crippen LogP contribution in [0.5, 0.6) is 11.5 Å². The van der Waals surface area contributed by atoms with Gasteiger partial charge >= 0.3 is 0 Å². The molecule has 1 atom stereocenters. The van der Waals surface area contributed by atoms with E-state index < -0.39 is 10.0 Å². The molecule has 1 heterocycles. The number of rotatable bonds is 5. The van der Waals surface area contributed by atoms with Gasteiger partial charge in [-0.2, -0.15) is 0 Å². The average molecular weight is 333 g/mol. The first-order valence-electron chi connectivity index (χ1n) is 7.43. The van der Waals surface area contributed by atoms with Crippen LogP contribution in [0.3, 0.4) is 0 Å². The highest BCUT2D eigenvalue weighted by molar-refractivity contribution is 7.88. The molecule has 2 aromatic rings. The second-order valence-corrected chi connectivity index (χ2v) is 7.40. The predicted octanol–water partition coefficient (Wildman–Crippen LogP) is 2.25. The van der Waals surface area contributed by atoms with Crippen molar-refractivity contribution in [2.75, 3.05) is 13.2 Å². The van der Waals surface area contributed by atoms with E-state index in [2.05, 4.69) is 4.72 Å². The molecule has 0 saturated heterocycles. The number of nitrogens with one attached hydrogen (secondary N) is 1. The Morgan fingerprint density at radius 3 is 2.70 bits per heavy atom. The Hall–Kier alpha value is -2.05. The Kier molecular flexibility index (Phi) is 4.54. The maximum atomic E-state index is 12.2. The topological polar surface area (TPSA) is 64.6 Å². The van der Waals surface area contributed by atoms with Crippen molar-refractivity contribution in [2.45, 2.75) is 18.8 Å². The van der Waals surface area contributed by atoms with Crippen LogP contribution in [0, 0.1) is 6.92 Å². The van der Waals surface area contributed by atoms with E-state index in [0.717, 1.165) is 11.1 Å². The molecule has 6 heteroatoms. The molecule has 0 amide bonds. The standard InChI is InChI=1S/C17H19NO4S/c1-13-5-4-6-14(9-13)12-23(19,20)18-10-15-11-21-16-7-2-3-8-17(16)22-15/h2-9,15,18H,10-12H2,1H3/t15-/m0/s1. The molecule has 0 saturated carbocycles. The van der Waals surface area contributed by atoms with E-state index in [4.69, 9.17) is 9.47 Å². The van der Waals surface area contributed by atoms with Crippen LogP contribution in [-0.2, 0) is 15.8 Å². The molecule has 23 heavy (non-hydrogen) atoms. The lowest BCUT2D eigenvalue weighted by atomic mass is 10.2. The number of benzene rings is 2. The molecule has 0 fully saturated rings. The van der Waals surface area contributed by atoms with Gasteiger partial charge < -0.3 is 9.47 Å². The summed E-state index contributed by atoms with van der Waals surface area (Å²) in [4.78, 5) is 0. The Morgan fingerprint density at radius 2 is 1.91 bits per heavy atom. The van der Waals surface area contributed by atoms with E-state index >= 15 is 0 Å². The Morgan fingerprint density at radius 1 is 1.13 bits per heavy atom. The molecule has 3 rings (SSSR count). The Balaban J connectivity index is 1.58. The number of ether oxygens (including phenoxy) is 2. The molecule has 2 aromatic carbocycles. The summed E-state index contributed by atoms with van der Waals surface area (Å²) in [5.41, 5.74) is 1.81. The highest BCUT2D eigenvalue weighted by Gasteiger charge is 2.22. The highest BCUT2D eigenvalue weighted by atomic mass is 32.2. The molecule has 1 aliphatic heterocycles. The monoisotopic (exact) mass is 333 g/mol. The van der Waals surface area contributed by atoms with Gasteiger partial charge in [-0.1, -0.05) is 42.0 Å². The van der Waals surface area contributed by atoms with Gasteiger partial charge in [-0.15, -0.1) is 0 Å². The van der Waals surface area contributed by atoms with Crippen LogP contribution in [-0.4, -0.2) is 27.7 Å². The molecule has 5 nitrogen and oxygen atoms in total. The number of hydrogen-bond donors (Lipinski definition) is 1. The SMILES string of the molecule is Cc1cccc(CS(=O)(=O)NC[C@H]2COc3ccccc3O2)c1. The number of sulfonamides is 1. The molecule has 0 spiro atoms. The minimum Gasteiger partial charge on any atom is -0.486 e. The summed E-state index contributed by atoms with van der Waals surface area (Å²) in [6.45, 7) is 2.45. The summed E-state index contributed by atoms with van der Waals surface area (Å²) in [7, 11) is -3.41. The second-order valence-electron chi connectivity index (χ2n) is 5.59. The van der Waals surface area contributed by atoms with Crippen LogP contribution in [0.25, 0.3) is 0 Å². The fraction of sp³-hybridized carbons (Fsp3) is 0.294. The molecule has 0 aliphatic carbocycles. The van der Waals surface area contributed by atoms with Crippen molar-refractivity contribution < 1.29 is 17.9 Å². The van der Waals surface area contributed by atoms with Crippen LogP contribution in [0.2, 0.25) is 0 Å². The van der Waals surface area contributed by atoms with Crippen molar-refractivity contribution in [3.63, 3.8) is 0 Å². The van der Waals surface area contributed by atoms with E-state index in [1.807, 2.05) is 55.5 Å². The van der Waals surface area contributed by atoms with Crippen molar-refractivity contribution >= 4 is 10.0 Å². The van der Waals surface area contributed by atoms with Crippen molar-refractivity contribution in [1.82, 2.24) is 4.72 Å². The van der Waals surface area contributed by atoms with Gasteiger partial charge in [0.15, 0.2) is 11.5 Å². The summed E-state index contributed by atoms with van der Waals surface area (Å²) in [6.07, 6.45) is -0.336. The molecule has 122 valence electrons. The molecule has 0 radical (unpaired) electrons. The first-order valence-corrected chi connectivity index (χ1v) is 9.08. The predicted molar refractivity (Wildman–Crippen MR) is 88.2 cm³/mol. The van der Waals surface area contributed by atoms with Gasteiger partial charge in [0.05, 0.1) is 12.3 Å². The Bertz CT molecular complexity index is 789. The van der Waals surface area contributed by atoms with Crippen molar-refractivity contribution in [2.24, 2.45) is 0 Å². The van der Waals surface area contributed by atoms with Gasteiger partial charge in [0, 0.05) is 0 Å². The molecule has 1 aliphatic rings. The fourth-order valence-corrected chi connectivity index (χ4v) is 3.62. The second kappa shape index (κ2) is 6.60. The van der Waals surface area contributed by atoms with Crippen LogP contribution in [0.4, 0.5) is 0 Å². The summed E-state index contributed by atoms with van der Waals surface area (Å²) < 4.78 is 38.3. The average Bonchev–Trinajstić information content (AvgIpc) is 2.52. The maximum absolute atomic E-state index is 12.2. The van der Waals surface area contributed by atoms with Crippen LogP contribution < -0.4 is 14.2 Å². The van der Waals surface area contributed by atoms with Gasteiger partial charge in [0.2, 0.25) is 10.0 Å². The summed E-state index contributed by atoms with van der Waals surface area (Å²) in [6, 6.07) is 14.8. The van der Waals surface area contributed by atoms with Crippen molar-refractivity contribution in [3.05, 3.63) is 59.7 Å². The maximum Gasteiger partial charge on any atom is 0.215 e. The zero-order valence-electron chi connectivity index (χ0n) is 12.9. The number of fused-ring (bicyclic) bond motifs is 1. The number of hydrogen-bond acceptors (Lipinski definition) is 4. The lowest BCUT2D eigenvalue weighted by molar-refractivity contribution is 0.0943. The smallest absolute Gasteiger partial charge is 0.215 e. The van der Waals surface area contributed by atoms with Gasteiger partial charge in [0.1, 0.15) is 12.7 Å². The van der Waals surface area contributed by atoms with Gasteiger partial charge in [0.25, 0.3) is 0 Å². The lowest BCUT2D eigenvalue weighted by Crippen LogP contribution is -2.41. The van der Waals surface area contributed by atoms with Crippen molar-refractivity contribution in [1.29, 1.82) is 0 Å². The lowest BCUT2D eigenvalue weighted by Gasteiger charge is -2.26. The van der Waals surface area contributed by atoms with E-state index in [9.17, 15) is 8.42 Å². The van der Waals surface area contributed by atoms with Crippen LogP contribution in [0.15, 0.2) is 48.5 Å². The molecule has 0 aromatic heterocycles. The molecule has 0 unspecified atom stereocenters. The fourth-order valence-electron chi connectivity index (χ4n) is 2.46. The highest BCUT2D eigenvalue weighted by Crippen LogP contribution is 2.30. The molecular formula is C17H19NO4S. The zero-order valence-corrected chi connectivity index (χ0v) is 13.7. The number of para-hydroxylation sites is 2. The van der Waals surface area contributed by atoms with Crippen molar-refractivity contribution in [3.8, 4) is 11.5 Å². The normalized spacial score (nSPS) is 17.0.